The zero-order valence-electron chi connectivity index (χ0n) is 10.5. The predicted molar refractivity (Wildman–Crippen MR) is 70.3 cm³/mol. The molecular formula is C14H9NO5. The van der Waals surface area contributed by atoms with Crippen molar-refractivity contribution in [3.8, 4) is 0 Å². The maximum atomic E-state index is 12.3. The van der Waals surface area contributed by atoms with Gasteiger partial charge in [0.2, 0.25) is 17.2 Å². The van der Waals surface area contributed by atoms with Crippen LogP contribution >= 0.6 is 0 Å². The van der Waals surface area contributed by atoms with Crippen molar-refractivity contribution in [2.24, 2.45) is 0 Å². The van der Waals surface area contributed by atoms with Gasteiger partial charge in [-0.05, 0) is 18.2 Å². The third-order valence-electron chi connectivity index (χ3n) is 3.01. The molecule has 0 aliphatic carbocycles. The van der Waals surface area contributed by atoms with E-state index in [9.17, 15) is 14.8 Å². The molecular weight excluding hydrogens is 262 g/mol. The fraction of sp³-hybridized carbons (Fsp3) is 0.0714. The van der Waals surface area contributed by atoms with E-state index in [4.69, 9.17) is 4.42 Å². The van der Waals surface area contributed by atoms with Crippen LogP contribution in [0.5, 0.6) is 0 Å². The van der Waals surface area contributed by atoms with Crippen molar-refractivity contribution in [3.05, 3.63) is 57.7 Å². The zero-order chi connectivity index (χ0) is 14.3. The van der Waals surface area contributed by atoms with Crippen LogP contribution in [0.3, 0.4) is 0 Å². The van der Waals surface area contributed by atoms with Gasteiger partial charge in [0.1, 0.15) is 5.58 Å². The topological polar surface area (TPSA) is 83.4 Å². The summed E-state index contributed by atoms with van der Waals surface area (Å²) in [6, 6.07) is 5.81. The number of fused-ring (bicyclic) bond motifs is 2. The first kappa shape index (κ1) is 12.2. The molecule has 0 atom stereocenters. The zero-order valence-corrected chi connectivity index (χ0v) is 10.5. The van der Waals surface area contributed by atoms with Gasteiger partial charge in [0.15, 0.2) is 6.20 Å². The number of hydrogen-bond donors (Lipinski definition) is 0. The largest absolute Gasteiger partial charge is 0.619 e. The smallest absolute Gasteiger partial charge is 0.337 e. The molecule has 2 aromatic heterocycles. The van der Waals surface area contributed by atoms with Crippen molar-refractivity contribution < 1.29 is 18.7 Å². The normalized spacial score (nSPS) is 10.8. The average molecular weight is 271 g/mol. The fourth-order valence-corrected chi connectivity index (χ4v) is 2.03. The summed E-state index contributed by atoms with van der Waals surface area (Å²) in [4.78, 5) is 23.8. The van der Waals surface area contributed by atoms with Gasteiger partial charge in [-0.2, -0.15) is 4.73 Å². The van der Waals surface area contributed by atoms with E-state index in [1.54, 1.807) is 0 Å². The summed E-state index contributed by atoms with van der Waals surface area (Å²) in [5.74, 6) is -0.531. The number of esters is 1. The minimum absolute atomic E-state index is 0.200. The highest BCUT2D eigenvalue weighted by atomic mass is 16.5. The highest BCUT2D eigenvalue weighted by molar-refractivity contribution is 5.96. The van der Waals surface area contributed by atoms with E-state index < -0.39 is 5.97 Å². The van der Waals surface area contributed by atoms with Crippen molar-refractivity contribution in [2.75, 3.05) is 7.11 Å². The van der Waals surface area contributed by atoms with Crippen molar-refractivity contribution in [1.82, 2.24) is 0 Å². The van der Waals surface area contributed by atoms with Gasteiger partial charge >= 0.3 is 5.97 Å². The summed E-state index contributed by atoms with van der Waals surface area (Å²) in [5, 5.41) is 11.8. The molecule has 0 N–H and O–H groups in total. The Morgan fingerprint density at radius 3 is 2.80 bits per heavy atom. The number of nitrogens with zero attached hydrogens (tertiary/aromatic N) is 1. The molecule has 0 aliphatic rings. The first-order valence-corrected chi connectivity index (χ1v) is 5.78. The average Bonchev–Trinajstić information content (AvgIpc) is 2.46. The van der Waals surface area contributed by atoms with Gasteiger partial charge in [-0.1, -0.05) is 0 Å². The van der Waals surface area contributed by atoms with Crippen molar-refractivity contribution >= 4 is 27.9 Å². The quantitative estimate of drug-likeness (QED) is 0.289. The summed E-state index contributed by atoms with van der Waals surface area (Å²) in [6.45, 7) is 0. The van der Waals surface area contributed by atoms with Crippen molar-refractivity contribution in [2.45, 2.75) is 0 Å². The van der Waals surface area contributed by atoms with Crippen LogP contribution in [0.15, 0.2) is 45.9 Å². The van der Waals surface area contributed by atoms with Gasteiger partial charge in [0.05, 0.1) is 23.4 Å². The van der Waals surface area contributed by atoms with Crippen LogP contribution in [-0.2, 0) is 4.74 Å². The number of carbonyl (C=O) groups is 1. The molecule has 1 aromatic carbocycles. The number of aromatic nitrogens is 1. The number of benzene rings is 1. The Labute approximate surface area is 112 Å². The Bertz CT molecular complexity index is 897. The first-order valence-electron chi connectivity index (χ1n) is 5.78. The number of rotatable bonds is 1. The third kappa shape index (κ3) is 1.78. The molecule has 100 valence electrons. The molecule has 0 aliphatic heterocycles. The molecule has 6 nitrogen and oxygen atoms in total. The van der Waals surface area contributed by atoms with Crippen LogP contribution < -0.4 is 10.2 Å². The van der Waals surface area contributed by atoms with Crippen LogP contribution in [0.4, 0.5) is 0 Å². The van der Waals surface area contributed by atoms with Crippen LogP contribution in [-0.4, -0.2) is 13.1 Å². The molecule has 0 bridgehead atoms. The van der Waals surface area contributed by atoms with E-state index in [2.05, 4.69) is 4.74 Å². The second kappa shape index (κ2) is 4.34. The Kier molecular flexibility index (Phi) is 2.64. The van der Waals surface area contributed by atoms with Crippen LogP contribution in [0, 0.1) is 5.21 Å². The standard InChI is InChI=1S/C14H9NO5/c1-19-14(17)8-2-3-11-10(6-8)13(16)9-4-5-15(18)7-12(9)20-11/h2-7H,1H3. The number of methoxy groups -OCH3 is 1. The minimum Gasteiger partial charge on any atom is -0.619 e. The molecule has 2 heterocycles. The van der Waals surface area contributed by atoms with Gasteiger partial charge in [0.25, 0.3) is 0 Å². The lowest BCUT2D eigenvalue weighted by Gasteiger charge is -2.03. The molecule has 3 rings (SSSR count). The summed E-state index contributed by atoms with van der Waals surface area (Å²) in [6.07, 6.45) is 2.40. The lowest BCUT2D eigenvalue weighted by atomic mass is 10.1. The molecule has 0 unspecified atom stereocenters. The molecule has 20 heavy (non-hydrogen) atoms. The number of ether oxygens (including phenoxy) is 1. The molecule has 0 saturated heterocycles. The number of pyridine rings is 1. The lowest BCUT2D eigenvalue weighted by molar-refractivity contribution is -0.604. The molecule has 3 aromatic rings. The first-order chi connectivity index (χ1) is 9.60. The molecule has 0 saturated carbocycles. The summed E-state index contributed by atoms with van der Waals surface area (Å²) >= 11 is 0. The molecule has 0 fully saturated rings. The van der Waals surface area contributed by atoms with E-state index in [0.717, 1.165) is 0 Å². The van der Waals surface area contributed by atoms with E-state index in [0.29, 0.717) is 10.3 Å². The highest BCUT2D eigenvalue weighted by Crippen LogP contribution is 2.18. The number of carbonyl (C=O) groups excluding carboxylic acids is 1. The maximum Gasteiger partial charge on any atom is 0.337 e. The summed E-state index contributed by atoms with van der Waals surface area (Å²) in [7, 11) is 1.27. The molecule has 0 spiro atoms. The lowest BCUT2D eigenvalue weighted by Crippen LogP contribution is -2.24. The third-order valence-corrected chi connectivity index (χ3v) is 3.01. The molecule has 0 radical (unpaired) electrons. The van der Waals surface area contributed by atoms with Gasteiger partial charge in [-0.3, -0.25) is 4.79 Å². The summed E-state index contributed by atoms with van der Waals surface area (Å²) in [5.41, 5.74) is 0.473. The predicted octanol–water partition coefficient (Wildman–Crippen LogP) is 1.37. The monoisotopic (exact) mass is 271 g/mol. The SMILES string of the molecule is COC(=O)c1ccc2oc3c[n+]([O-])ccc3c(=O)c2c1. The minimum atomic E-state index is -0.531. The van der Waals surface area contributed by atoms with E-state index in [-0.39, 0.29) is 27.3 Å². The van der Waals surface area contributed by atoms with Gasteiger partial charge < -0.3 is 14.4 Å². The van der Waals surface area contributed by atoms with Gasteiger partial charge in [0, 0.05) is 6.07 Å². The maximum absolute atomic E-state index is 12.3. The fourth-order valence-electron chi connectivity index (χ4n) is 2.03. The van der Waals surface area contributed by atoms with E-state index in [1.165, 1.54) is 43.8 Å². The van der Waals surface area contributed by atoms with E-state index >= 15 is 0 Å². The van der Waals surface area contributed by atoms with E-state index in [1.807, 2.05) is 0 Å². The molecule has 6 heteroatoms. The molecule has 0 amide bonds. The Hall–Kier alpha value is -2.89. The van der Waals surface area contributed by atoms with Crippen molar-refractivity contribution in [1.29, 1.82) is 0 Å². The van der Waals surface area contributed by atoms with Gasteiger partial charge in [-0.15, -0.1) is 0 Å². The van der Waals surface area contributed by atoms with Crippen LogP contribution in [0.1, 0.15) is 10.4 Å². The Morgan fingerprint density at radius 1 is 1.25 bits per heavy atom. The number of hydrogen-bond acceptors (Lipinski definition) is 5. The van der Waals surface area contributed by atoms with Gasteiger partial charge in [-0.25, -0.2) is 4.79 Å². The summed E-state index contributed by atoms with van der Waals surface area (Å²) < 4.78 is 10.7. The second-order valence-corrected chi connectivity index (χ2v) is 4.22. The Morgan fingerprint density at radius 2 is 2.05 bits per heavy atom. The second-order valence-electron chi connectivity index (χ2n) is 4.22. The Balaban J connectivity index is 2.38. The van der Waals surface area contributed by atoms with Crippen LogP contribution in [0.2, 0.25) is 0 Å². The highest BCUT2D eigenvalue weighted by Gasteiger charge is 2.13. The van der Waals surface area contributed by atoms with Crippen molar-refractivity contribution in [3.63, 3.8) is 0 Å². The van der Waals surface area contributed by atoms with Crippen LogP contribution in [0.25, 0.3) is 21.9 Å².